The first-order valence-electron chi connectivity index (χ1n) is 5.20. The summed E-state index contributed by atoms with van der Waals surface area (Å²) in [5.74, 6) is -0.227. The SMILES string of the molecule is CC1=CCCC1OC(=O)c1ccccc1. The van der Waals surface area contributed by atoms with Gasteiger partial charge in [-0.05, 0) is 37.5 Å². The molecule has 1 unspecified atom stereocenters. The number of benzene rings is 1. The van der Waals surface area contributed by atoms with Crippen molar-refractivity contribution in [2.45, 2.75) is 25.9 Å². The molecule has 0 heterocycles. The highest BCUT2D eigenvalue weighted by Gasteiger charge is 2.20. The fourth-order valence-electron chi connectivity index (χ4n) is 1.74. The lowest BCUT2D eigenvalue weighted by Gasteiger charge is -2.13. The first kappa shape index (κ1) is 9.97. The lowest BCUT2D eigenvalue weighted by atomic mass is 10.2. The fraction of sp³-hybridized carbons (Fsp3) is 0.308. The van der Waals surface area contributed by atoms with Crippen LogP contribution in [0.3, 0.4) is 0 Å². The molecule has 2 nitrogen and oxygen atoms in total. The number of hydrogen-bond donors (Lipinski definition) is 0. The molecule has 0 saturated carbocycles. The first-order chi connectivity index (χ1) is 7.27. The molecule has 2 heteroatoms. The molecule has 0 fully saturated rings. The zero-order valence-corrected chi connectivity index (χ0v) is 8.77. The Kier molecular flexibility index (Phi) is 2.86. The Morgan fingerprint density at radius 2 is 2.07 bits per heavy atom. The van der Waals surface area contributed by atoms with Crippen molar-refractivity contribution in [2.24, 2.45) is 0 Å². The summed E-state index contributed by atoms with van der Waals surface area (Å²) < 4.78 is 5.40. The monoisotopic (exact) mass is 202 g/mol. The van der Waals surface area contributed by atoms with Gasteiger partial charge in [-0.15, -0.1) is 0 Å². The van der Waals surface area contributed by atoms with Crippen molar-refractivity contribution >= 4 is 5.97 Å². The van der Waals surface area contributed by atoms with Crippen LogP contribution in [-0.2, 0) is 4.74 Å². The summed E-state index contributed by atoms with van der Waals surface area (Å²) in [5, 5.41) is 0. The zero-order valence-electron chi connectivity index (χ0n) is 8.77. The third-order valence-corrected chi connectivity index (χ3v) is 2.66. The Morgan fingerprint density at radius 3 is 2.67 bits per heavy atom. The molecule has 15 heavy (non-hydrogen) atoms. The van der Waals surface area contributed by atoms with Crippen LogP contribution < -0.4 is 0 Å². The fourth-order valence-corrected chi connectivity index (χ4v) is 1.74. The van der Waals surface area contributed by atoms with Gasteiger partial charge in [-0.25, -0.2) is 4.79 Å². The summed E-state index contributed by atoms with van der Waals surface area (Å²) >= 11 is 0. The second-order valence-electron chi connectivity index (χ2n) is 3.79. The minimum Gasteiger partial charge on any atom is -0.454 e. The number of hydrogen-bond acceptors (Lipinski definition) is 2. The average Bonchev–Trinajstić information content (AvgIpc) is 2.66. The second kappa shape index (κ2) is 4.30. The van der Waals surface area contributed by atoms with Crippen molar-refractivity contribution in [1.29, 1.82) is 0 Å². The van der Waals surface area contributed by atoms with Crippen molar-refractivity contribution in [2.75, 3.05) is 0 Å². The van der Waals surface area contributed by atoms with Crippen molar-refractivity contribution in [3.05, 3.63) is 47.5 Å². The van der Waals surface area contributed by atoms with Gasteiger partial charge in [-0.3, -0.25) is 0 Å². The molecule has 1 atom stereocenters. The molecule has 1 aliphatic rings. The quantitative estimate of drug-likeness (QED) is 0.544. The standard InChI is InChI=1S/C13H14O2/c1-10-6-5-9-12(10)15-13(14)11-7-3-2-4-8-11/h2-4,6-8,12H,5,9H2,1H3. The largest absolute Gasteiger partial charge is 0.454 e. The van der Waals surface area contributed by atoms with Crippen LogP contribution in [0.15, 0.2) is 42.0 Å². The van der Waals surface area contributed by atoms with E-state index < -0.39 is 0 Å². The number of carbonyl (C=O) groups excluding carboxylic acids is 1. The number of allylic oxidation sites excluding steroid dienone is 1. The predicted octanol–water partition coefficient (Wildman–Crippen LogP) is 2.95. The van der Waals surface area contributed by atoms with E-state index in [1.165, 1.54) is 5.57 Å². The zero-order chi connectivity index (χ0) is 10.7. The Bertz CT molecular complexity index is 379. The van der Waals surface area contributed by atoms with Gasteiger partial charge < -0.3 is 4.74 Å². The maximum atomic E-state index is 11.7. The van der Waals surface area contributed by atoms with E-state index in [9.17, 15) is 4.79 Å². The third kappa shape index (κ3) is 2.27. The molecule has 0 N–H and O–H groups in total. The van der Waals surface area contributed by atoms with Crippen LogP contribution in [-0.4, -0.2) is 12.1 Å². The van der Waals surface area contributed by atoms with Crippen LogP contribution in [0, 0.1) is 0 Å². The number of ether oxygens (including phenoxy) is 1. The number of rotatable bonds is 2. The summed E-state index contributed by atoms with van der Waals surface area (Å²) in [6.07, 6.45) is 4.05. The predicted molar refractivity (Wildman–Crippen MR) is 58.6 cm³/mol. The average molecular weight is 202 g/mol. The molecule has 0 amide bonds. The van der Waals surface area contributed by atoms with Gasteiger partial charge in [-0.2, -0.15) is 0 Å². The van der Waals surface area contributed by atoms with Gasteiger partial charge in [0.1, 0.15) is 6.10 Å². The van der Waals surface area contributed by atoms with Crippen LogP contribution in [0.5, 0.6) is 0 Å². The van der Waals surface area contributed by atoms with E-state index in [0.717, 1.165) is 12.8 Å². The third-order valence-electron chi connectivity index (χ3n) is 2.66. The van der Waals surface area contributed by atoms with Gasteiger partial charge in [0.25, 0.3) is 0 Å². The highest BCUT2D eigenvalue weighted by atomic mass is 16.5. The van der Waals surface area contributed by atoms with E-state index in [-0.39, 0.29) is 12.1 Å². The van der Waals surface area contributed by atoms with Crippen molar-refractivity contribution in [1.82, 2.24) is 0 Å². The van der Waals surface area contributed by atoms with Gasteiger partial charge in [0.2, 0.25) is 0 Å². The first-order valence-corrected chi connectivity index (χ1v) is 5.20. The van der Waals surface area contributed by atoms with E-state index in [2.05, 4.69) is 6.08 Å². The number of esters is 1. The van der Waals surface area contributed by atoms with E-state index in [1.54, 1.807) is 12.1 Å². The summed E-state index contributed by atoms with van der Waals surface area (Å²) in [5.41, 5.74) is 1.79. The maximum Gasteiger partial charge on any atom is 0.338 e. The van der Waals surface area contributed by atoms with E-state index in [0.29, 0.717) is 5.56 Å². The normalized spacial score (nSPS) is 19.8. The van der Waals surface area contributed by atoms with Crippen molar-refractivity contribution < 1.29 is 9.53 Å². The van der Waals surface area contributed by atoms with Gasteiger partial charge >= 0.3 is 5.97 Å². The molecular weight excluding hydrogens is 188 g/mol. The second-order valence-corrected chi connectivity index (χ2v) is 3.79. The molecule has 0 aromatic heterocycles. The summed E-state index contributed by atoms with van der Waals surface area (Å²) in [6.45, 7) is 2.01. The molecule has 1 aromatic carbocycles. The molecule has 0 saturated heterocycles. The van der Waals surface area contributed by atoms with Crippen LogP contribution in [0.4, 0.5) is 0 Å². The van der Waals surface area contributed by atoms with Gasteiger partial charge in [0.15, 0.2) is 0 Å². The minimum atomic E-state index is -0.227. The molecule has 0 aliphatic heterocycles. The molecule has 0 bridgehead atoms. The molecule has 1 aliphatic carbocycles. The lowest BCUT2D eigenvalue weighted by molar-refractivity contribution is 0.0376. The van der Waals surface area contributed by atoms with Crippen LogP contribution in [0.25, 0.3) is 0 Å². The topological polar surface area (TPSA) is 26.3 Å². The van der Waals surface area contributed by atoms with E-state index in [4.69, 9.17) is 4.74 Å². The highest BCUT2D eigenvalue weighted by Crippen LogP contribution is 2.22. The maximum absolute atomic E-state index is 11.7. The number of carbonyl (C=O) groups is 1. The van der Waals surface area contributed by atoms with Crippen molar-refractivity contribution in [3.63, 3.8) is 0 Å². The molecule has 0 radical (unpaired) electrons. The minimum absolute atomic E-state index is 0.0160. The van der Waals surface area contributed by atoms with Crippen LogP contribution in [0.1, 0.15) is 30.1 Å². The summed E-state index contributed by atoms with van der Waals surface area (Å²) in [6, 6.07) is 9.12. The Labute approximate surface area is 89.6 Å². The van der Waals surface area contributed by atoms with Crippen molar-refractivity contribution in [3.8, 4) is 0 Å². The van der Waals surface area contributed by atoms with Crippen LogP contribution in [0.2, 0.25) is 0 Å². The van der Waals surface area contributed by atoms with Crippen LogP contribution >= 0.6 is 0 Å². The van der Waals surface area contributed by atoms with E-state index in [1.807, 2.05) is 25.1 Å². The summed E-state index contributed by atoms with van der Waals surface area (Å²) in [7, 11) is 0. The molecule has 2 rings (SSSR count). The molecular formula is C13H14O2. The van der Waals surface area contributed by atoms with Gasteiger partial charge in [-0.1, -0.05) is 24.3 Å². The lowest BCUT2D eigenvalue weighted by Crippen LogP contribution is -2.16. The Balaban J connectivity index is 2.02. The molecule has 1 aromatic rings. The van der Waals surface area contributed by atoms with E-state index >= 15 is 0 Å². The Hall–Kier alpha value is -1.57. The highest BCUT2D eigenvalue weighted by molar-refractivity contribution is 5.89. The summed E-state index contributed by atoms with van der Waals surface area (Å²) in [4.78, 5) is 11.7. The molecule has 0 spiro atoms. The van der Waals surface area contributed by atoms with Gasteiger partial charge in [0, 0.05) is 0 Å². The smallest absolute Gasteiger partial charge is 0.338 e. The Morgan fingerprint density at radius 1 is 1.33 bits per heavy atom. The molecule has 78 valence electrons. The van der Waals surface area contributed by atoms with Gasteiger partial charge in [0.05, 0.1) is 5.56 Å².